The maximum atomic E-state index is 12.3. The van der Waals surface area contributed by atoms with Gasteiger partial charge in [-0.1, -0.05) is 38.5 Å². The molecule has 0 unspecified atom stereocenters. The number of hydroxylamine groups is 2. The second-order valence-corrected chi connectivity index (χ2v) is 6.57. The Morgan fingerprint density at radius 1 is 0.900 bits per heavy atom. The smallest absolute Gasteiger partial charge is 0.264 e. The van der Waals surface area contributed by atoms with Crippen molar-refractivity contribution in [3.8, 4) is 0 Å². The Kier molecular flexibility index (Phi) is 6.79. The normalized spacial score (nSPS) is 33.2. The van der Waals surface area contributed by atoms with Gasteiger partial charge < -0.3 is 0 Å². The van der Waals surface area contributed by atoms with E-state index in [1.165, 1.54) is 38.5 Å². The molecule has 3 fully saturated rings. The van der Waals surface area contributed by atoms with Crippen LogP contribution in [0.3, 0.4) is 0 Å². The molecule has 0 aromatic rings. The van der Waals surface area contributed by atoms with Gasteiger partial charge in [0, 0.05) is 44.1 Å². The Bertz CT molecular complexity index is 328. The summed E-state index contributed by atoms with van der Waals surface area (Å²) >= 11 is 0. The quantitative estimate of drug-likeness (QED) is 0.582. The molecule has 1 radical (unpaired) electrons. The molecule has 3 aliphatic rings. The van der Waals surface area contributed by atoms with Crippen molar-refractivity contribution < 1.29 is 54.1 Å². The summed E-state index contributed by atoms with van der Waals surface area (Å²) in [5, 5.41) is 14.6. The van der Waals surface area contributed by atoms with Crippen LogP contribution in [-0.2, 0) is 4.79 Å². The summed E-state index contributed by atoms with van der Waals surface area (Å²) in [4.78, 5) is 12.3. The average molecular weight is 493 g/mol. The zero-order valence-corrected chi connectivity index (χ0v) is 17.0. The zero-order chi connectivity index (χ0) is 13.2. The summed E-state index contributed by atoms with van der Waals surface area (Å²) in [7, 11) is 0. The van der Waals surface area contributed by atoms with E-state index in [0.29, 0.717) is 11.8 Å². The number of nitrogens with one attached hydrogen (secondary N) is 1. The van der Waals surface area contributed by atoms with Crippen LogP contribution >= 0.6 is 0 Å². The van der Waals surface area contributed by atoms with Crippen LogP contribution in [0.5, 0.6) is 0 Å². The summed E-state index contributed by atoms with van der Waals surface area (Å²) in [6.45, 7) is 0. The maximum absolute atomic E-state index is 12.3. The first kappa shape index (κ1) is 17.2. The van der Waals surface area contributed by atoms with Crippen molar-refractivity contribution in [3.05, 3.63) is 0 Å². The van der Waals surface area contributed by atoms with Crippen molar-refractivity contribution in [1.29, 1.82) is 0 Å². The van der Waals surface area contributed by atoms with Crippen LogP contribution in [0.1, 0.15) is 64.2 Å². The van der Waals surface area contributed by atoms with Gasteiger partial charge in [0.25, 0.3) is 5.91 Å². The molecule has 0 aromatic heterocycles. The van der Waals surface area contributed by atoms with Gasteiger partial charge >= 0.3 is 0 Å². The Labute approximate surface area is 157 Å². The molecule has 3 rings (SSSR count). The molecule has 4 nitrogen and oxygen atoms in total. The fraction of sp³-hybridized carbons (Fsp3) is 0.933. The Hall–Kier alpha value is 0.832. The molecule has 111 valence electrons. The van der Waals surface area contributed by atoms with E-state index < -0.39 is 0 Å². The first-order valence-electron chi connectivity index (χ1n) is 8.05. The molecule has 1 aliphatic heterocycles. The standard InChI is InChI=1S/C15H26N2O2.Ac/c18-15-13(11-7-3-1-4-8-11)16-14(17(15)19)12-9-5-2-6-10-12;/h11-14,16,19H,1-10H2;/t13-,14+;/m0./s1. The van der Waals surface area contributed by atoms with Gasteiger partial charge in [-0.2, -0.15) is 0 Å². The van der Waals surface area contributed by atoms with Gasteiger partial charge in [0.1, 0.15) is 6.17 Å². The first-order chi connectivity index (χ1) is 9.27. The summed E-state index contributed by atoms with van der Waals surface area (Å²) in [6, 6.07) is -0.128. The number of hydrogen-bond donors (Lipinski definition) is 2. The molecule has 0 spiro atoms. The predicted molar refractivity (Wildman–Crippen MR) is 72.5 cm³/mol. The number of nitrogens with zero attached hydrogens (tertiary/aromatic N) is 1. The van der Waals surface area contributed by atoms with Crippen LogP contribution < -0.4 is 5.32 Å². The van der Waals surface area contributed by atoms with Crippen LogP contribution in [0.4, 0.5) is 0 Å². The Morgan fingerprint density at radius 3 is 1.95 bits per heavy atom. The third-order valence-corrected chi connectivity index (χ3v) is 5.32. The summed E-state index contributed by atoms with van der Waals surface area (Å²) in [5.41, 5.74) is 0. The molecule has 2 aliphatic carbocycles. The maximum Gasteiger partial charge on any atom is 0.264 e. The SMILES string of the molecule is O=C1[C@H](C2CCCCC2)N[C@@H](C2CCCCC2)N1O.[Ac]. The third-order valence-electron chi connectivity index (χ3n) is 5.32. The van der Waals surface area contributed by atoms with Gasteiger partial charge in [-0.25, -0.2) is 5.06 Å². The molecular formula is C15H26AcN2O2. The number of carbonyl (C=O) groups excluding carboxylic acids is 1. The number of hydrogen-bond acceptors (Lipinski definition) is 3. The van der Waals surface area contributed by atoms with E-state index in [2.05, 4.69) is 5.32 Å². The van der Waals surface area contributed by atoms with Gasteiger partial charge in [0.05, 0.1) is 6.04 Å². The van der Waals surface area contributed by atoms with Crippen molar-refractivity contribution in [2.75, 3.05) is 0 Å². The molecule has 2 saturated carbocycles. The fourth-order valence-electron chi connectivity index (χ4n) is 4.20. The minimum absolute atomic E-state index is 0. The predicted octanol–water partition coefficient (Wildman–Crippen LogP) is 2.66. The van der Waals surface area contributed by atoms with E-state index in [1.807, 2.05) is 0 Å². The molecule has 1 amide bonds. The largest absolute Gasteiger partial charge is 0.284 e. The van der Waals surface area contributed by atoms with E-state index in [4.69, 9.17) is 0 Å². The zero-order valence-electron chi connectivity index (χ0n) is 12.3. The van der Waals surface area contributed by atoms with Crippen LogP contribution in [0, 0.1) is 55.9 Å². The van der Waals surface area contributed by atoms with Crippen molar-refractivity contribution in [3.63, 3.8) is 0 Å². The van der Waals surface area contributed by atoms with E-state index in [9.17, 15) is 10.0 Å². The van der Waals surface area contributed by atoms with Gasteiger partial charge in [-0.3, -0.25) is 15.3 Å². The molecule has 2 N–H and O–H groups in total. The van der Waals surface area contributed by atoms with Gasteiger partial charge in [0.2, 0.25) is 0 Å². The number of rotatable bonds is 2. The van der Waals surface area contributed by atoms with E-state index in [-0.39, 0.29) is 62.2 Å². The minimum atomic E-state index is -0.128. The van der Waals surface area contributed by atoms with Crippen LogP contribution in [0.2, 0.25) is 0 Å². The van der Waals surface area contributed by atoms with Crippen molar-refractivity contribution in [2.24, 2.45) is 11.8 Å². The minimum Gasteiger partial charge on any atom is -0.284 e. The topological polar surface area (TPSA) is 52.6 Å². The number of amides is 1. The first-order valence-corrected chi connectivity index (χ1v) is 8.05. The van der Waals surface area contributed by atoms with E-state index in [0.717, 1.165) is 30.7 Å². The van der Waals surface area contributed by atoms with Crippen molar-refractivity contribution >= 4 is 5.91 Å². The summed E-state index contributed by atoms with van der Waals surface area (Å²) in [6.07, 6.45) is 12.0. The molecule has 0 bridgehead atoms. The van der Waals surface area contributed by atoms with E-state index in [1.54, 1.807) is 0 Å². The van der Waals surface area contributed by atoms with E-state index >= 15 is 0 Å². The molecule has 5 heteroatoms. The van der Waals surface area contributed by atoms with Crippen molar-refractivity contribution in [1.82, 2.24) is 10.4 Å². The second-order valence-electron chi connectivity index (χ2n) is 6.57. The van der Waals surface area contributed by atoms with Crippen LogP contribution in [0.15, 0.2) is 0 Å². The Morgan fingerprint density at radius 2 is 1.40 bits per heavy atom. The average Bonchev–Trinajstić information content (AvgIpc) is 2.77. The summed E-state index contributed by atoms with van der Waals surface area (Å²) < 4.78 is 0. The molecule has 1 heterocycles. The van der Waals surface area contributed by atoms with Crippen LogP contribution in [0.25, 0.3) is 0 Å². The molecular weight excluding hydrogens is 467 g/mol. The molecule has 20 heavy (non-hydrogen) atoms. The molecule has 2 atom stereocenters. The summed E-state index contributed by atoms with van der Waals surface area (Å²) in [5.74, 6) is 0.795. The number of carbonyl (C=O) groups is 1. The second kappa shape index (κ2) is 7.90. The van der Waals surface area contributed by atoms with Gasteiger partial charge in [-0.05, 0) is 37.5 Å². The monoisotopic (exact) mass is 493 g/mol. The van der Waals surface area contributed by atoms with Crippen molar-refractivity contribution in [2.45, 2.75) is 76.4 Å². The van der Waals surface area contributed by atoms with Gasteiger partial charge in [-0.15, -0.1) is 0 Å². The Balaban J connectivity index is 0.00000147. The van der Waals surface area contributed by atoms with Crippen LogP contribution in [-0.4, -0.2) is 28.4 Å². The van der Waals surface area contributed by atoms with Gasteiger partial charge in [0.15, 0.2) is 0 Å². The molecule has 0 aromatic carbocycles. The molecule has 1 saturated heterocycles. The third kappa shape index (κ3) is 3.59. The fourth-order valence-corrected chi connectivity index (χ4v) is 4.20.